The Labute approximate surface area is 129 Å². The average molecular weight is 307 g/mol. The fourth-order valence-corrected chi connectivity index (χ4v) is 2.16. The molecular weight excluding hydrogens is 288 g/mol. The minimum absolute atomic E-state index is 0.204. The first-order chi connectivity index (χ1) is 10.2. The highest BCUT2D eigenvalue weighted by Gasteiger charge is 2.08. The van der Waals surface area contributed by atoms with Gasteiger partial charge in [-0.15, -0.1) is 0 Å². The monoisotopic (exact) mass is 306 g/mol. The van der Waals surface area contributed by atoms with Crippen molar-refractivity contribution in [3.8, 4) is 0 Å². The molecule has 21 heavy (non-hydrogen) atoms. The quantitative estimate of drug-likeness (QED) is 0.854. The lowest BCUT2D eigenvalue weighted by molar-refractivity contribution is 0.543. The van der Waals surface area contributed by atoms with E-state index in [2.05, 4.69) is 22.3 Å². The molecular formula is C15H19ClN4O. The van der Waals surface area contributed by atoms with E-state index in [1.807, 2.05) is 12.1 Å². The zero-order chi connectivity index (χ0) is 15.1. The molecule has 0 spiro atoms. The predicted octanol–water partition coefficient (Wildman–Crippen LogP) is 2.75. The van der Waals surface area contributed by atoms with Crippen molar-refractivity contribution in [1.82, 2.24) is 14.8 Å². The second-order valence-corrected chi connectivity index (χ2v) is 5.16. The van der Waals surface area contributed by atoms with Crippen molar-refractivity contribution in [1.29, 1.82) is 0 Å². The third-order valence-corrected chi connectivity index (χ3v) is 3.55. The van der Waals surface area contributed by atoms with Crippen molar-refractivity contribution < 1.29 is 0 Å². The first-order valence-corrected chi connectivity index (χ1v) is 7.48. The van der Waals surface area contributed by atoms with E-state index in [-0.39, 0.29) is 10.6 Å². The maximum atomic E-state index is 12.0. The van der Waals surface area contributed by atoms with Gasteiger partial charge in [-0.05, 0) is 30.5 Å². The minimum Gasteiger partial charge on any atom is -0.382 e. The number of hydrogen-bond donors (Lipinski definition) is 1. The number of hydrogen-bond acceptors (Lipinski definition) is 4. The van der Waals surface area contributed by atoms with Crippen molar-refractivity contribution >= 4 is 17.3 Å². The molecule has 0 unspecified atom stereocenters. The molecule has 5 nitrogen and oxygen atoms in total. The van der Waals surface area contributed by atoms with Crippen molar-refractivity contribution in [2.75, 3.05) is 11.9 Å². The van der Waals surface area contributed by atoms with Crippen LogP contribution in [0.25, 0.3) is 0 Å². The molecule has 2 rings (SSSR count). The van der Waals surface area contributed by atoms with E-state index in [1.54, 1.807) is 18.6 Å². The summed E-state index contributed by atoms with van der Waals surface area (Å²) in [5.74, 6) is 0. The van der Waals surface area contributed by atoms with Gasteiger partial charge in [0.1, 0.15) is 5.02 Å². The molecule has 0 amide bonds. The molecule has 2 aromatic heterocycles. The molecule has 0 fully saturated rings. The Morgan fingerprint density at radius 3 is 2.81 bits per heavy atom. The molecule has 0 aliphatic heterocycles. The van der Waals surface area contributed by atoms with Gasteiger partial charge in [0.15, 0.2) is 0 Å². The number of aromatic nitrogens is 3. The van der Waals surface area contributed by atoms with Gasteiger partial charge in [0.2, 0.25) is 0 Å². The van der Waals surface area contributed by atoms with E-state index in [0.29, 0.717) is 18.8 Å². The van der Waals surface area contributed by atoms with Gasteiger partial charge in [-0.1, -0.05) is 24.9 Å². The molecule has 112 valence electrons. The van der Waals surface area contributed by atoms with Crippen LogP contribution in [0, 0.1) is 0 Å². The van der Waals surface area contributed by atoms with Crippen LogP contribution >= 0.6 is 11.6 Å². The Hall–Kier alpha value is -1.88. The highest BCUT2D eigenvalue weighted by atomic mass is 35.5. The minimum atomic E-state index is -0.237. The van der Waals surface area contributed by atoms with E-state index < -0.39 is 0 Å². The number of pyridine rings is 1. The van der Waals surface area contributed by atoms with Crippen LogP contribution in [0.4, 0.5) is 5.69 Å². The summed E-state index contributed by atoms with van der Waals surface area (Å²) in [6.07, 6.45) is 7.90. The zero-order valence-electron chi connectivity index (χ0n) is 12.1. The molecule has 0 aromatic carbocycles. The lowest BCUT2D eigenvalue weighted by Gasteiger charge is -2.10. The lowest BCUT2D eigenvalue weighted by Crippen LogP contribution is -2.24. The SMILES string of the molecule is CCCCn1ncc(NCCc2ccncc2)c(Cl)c1=O. The maximum absolute atomic E-state index is 12.0. The van der Waals surface area contributed by atoms with Gasteiger partial charge in [-0.3, -0.25) is 9.78 Å². The summed E-state index contributed by atoms with van der Waals surface area (Å²) in [6, 6.07) is 3.93. The first-order valence-electron chi connectivity index (χ1n) is 7.10. The molecule has 1 N–H and O–H groups in total. The topological polar surface area (TPSA) is 59.8 Å². The lowest BCUT2D eigenvalue weighted by atomic mass is 10.2. The number of nitrogens with zero attached hydrogens (tertiary/aromatic N) is 3. The highest BCUT2D eigenvalue weighted by Crippen LogP contribution is 2.15. The van der Waals surface area contributed by atoms with Crippen molar-refractivity contribution in [2.45, 2.75) is 32.7 Å². The van der Waals surface area contributed by atoms with E-state index in [0.717, 1.165) is 19.3 Å². The van der Waals surface area contributed by atoms with Gasteiger partial charge in [0.25, 0.3) is 5.56 Å². The number of anilines is 1. The van der Waals surface area contributed by atoms with E-state index >= 15 is 0 Å². The van der Waals surface area contributed by atoms with Crippen LogP contribution in [0.3, 0.4) is 0 Å². The van der Waals surface area contributed by atoms with Gasteiger partial charge in [0, 0.05) is 25.5 Å². The summed E-state index contributed by atoms with van der Waals surface area (Å²) in [5, 5.41) is 7.51. The summed E-state index contributed by atoms with van der Waals surface area (Å²) < 4.78 is 1.42. The van der Waals surface area contributed by atoms with Gasteiger partial charge >= 0.3 is 0 Å². The Morgan fingerprint density at radius 2 is 2.10 bits per heavy atom. The smallest absolute Gasteiger partial charge is 0.287 e. The number of aryl methyl sites for hydroxylation is 1. The summed E-state index contributed by atoms with van der Waals surface area (Å²) in [7, 11) is 0. The Bertz CT molecular complexity index is 627. The fourth-order valence-electron chi connectivity index (χ4n) is 1.95. The van der Waals surface area contributed by atoms with Crippen molar-refractivity contribution in [3.05, 3.63) is 51.7 Å². The Kier molecular flexibility index (Phi) is 5.75. The number of halogens is 1. The van der Waals surface area contributed by atoms with Gasteiger partial charge < -0.3 is 5.32 Å². The second kappa shape index (κ2) is 7.78. The van der Waals surface area contributed by atoms with Crippen molar-refractivity contribution in [2.24, 2.45) is 0 Å². The molecule has 0 saturated carbocycles. The molecule has 0 radical (unpaired) electrons. The molecule has 6 heteroatoms. The number of rotatable bonds is 7. The van der Waals surface area contributed by atoms with E-state index in [1.165, 1.54) is 10.2 Å². The Balaban J connectivity index is 1.97. The molecule has 0 saturated heterocycles. The zero-order valence-corrected chi connectivity index (χ0v) is 12.8. The normalized spacial score (nSPS) is 10.6. The van der Waals surface area contributed by atoms with Gasteiger partial charge in [0.05, 0.1) is 11.9 Å². The van der Waals surface area contributed by atoms with E-state index in [4.69, 9.17) is 11.6 Å². The van der Waals surface area contributed by atoms with E-state index in [9.17, 15) is 4.79 Å². The third-order valence-electron chi connectivity index (χ3n) is 3.19. The van der Waals surface area contributed by atoms with Gasteiger partial charge in [-0.2, -0.15) is 5.10 Å². The molecule has 0 aliphatic rings. The number of unbranched alkanes of at least 4 members (excludes halogenated alkanes) is 1. The molecule has 0 atom stereocenters. The molecule has 0 bridgehead atoms. The van der Waals surface area contributed by atoms with Crippen LogP contribution in [-0.2, 0) is 13.0 Å². The molecule has 2 heterocycles. The van der Waals surface area contributed by atoms with Crippen molar-refractivity contribution in [3.63, 3.8) is 0 Å². The second-order valence-electron chi connectivity index (χ2n) is 4.79. The van der Waals surface area contributed by atoms with Crippen LogP contribution in [-0.4, -0.2) is 21.3 Å². The standard InChI is InChI=1S/C15H19ClN4O/c1-2-3-10-20-15(21)14(16)13(11-19-20)18-9-6-12-4-7-17-8-5-12/h4-5,7-8,11,18H,2-3,6,9-10H2,1H3. The third kappa shape index (κ3) is 4.29. The van der Waals surface area contributed by atoms with Crippen LogP contribution in [0.2, 0.25) is 5.02 Å². The highest BCUT2D eigenvalue weighted by molar-refractivity contribution is 6.32. The van der Waals surface area contributed by atoms with Crippen LogP contribution < -0.4 is 10.9 Å². The summed E-state index contributed by atoms with van der Waals surface area (Å²) in [6.45, 7) is 3.36. The predicted molar refractivity (Wildman–Crippen MR) is 84.8 cm³/mol. The summed E-state index contributed by atoms with van der Waals surface area (Å²) in [5.41, 5.74) is 1.53. The fraction of sp³-hybridized carbons (Fsp3) is 0.400. The summed E-state index contributed by atoms with van der Waals surface area (Å²) >= 11 is 6.11. The van der Waals surface area contributed by atoms with Gasteiger partial charge in [-0.25, -0.2) is 4.68 Å². The maximum Gasteiger partial charge on any atom is 0.287 e. The largest absolute Gasteiger partial charge is 0.382 e. The molecule has 0 aliphatic carbocycles. The first kappa shape index (κ1) is 15.5. The van der Waals surface area contributed by atoms with Crippen LogP contribution in [0.15, 0.2) is 35.5 Å². The average Bonchev–Trinajstić information content (AvgIpc) is 2.52. The molecule has 2 aromatic rings. The van der Waals surface area contributed by atoms with Crippen LogP contribution in [0.5, 0.6) is 0 Å². The summed E-state index contributed by atoms with van der Waals surface area (Å²) in [4.78, 5) is 16.0. The van der Waals surface area contributed by atoms with Crippen LogP contribution in [0.1, 0.15) is 25.3 Å². The Morgan fingerprint density at radius 1 is 1.33 bits per heavy atom. The number of nitrogens with one attached hydrogen (secondary N) is 1.